The summed E-state index contributed by atoms with van der Waals surface area (Å²) >= 11 is 0. The van der Waals surface area contributed by atoms with Crippen LogP contribution in [0.3, 0.4) is 0 Å². The molecule has 3 heteroatoms. The van der Waals surface area contributed by atoms with Crippen molar-refractivity contribution < 1.29 is 9.53 Å². The highest BCUT2D eigenvalue weighted by molar-refractivity contribution is 5.50. The van der Waals surface area contributed by atoms with E-state index < -0.39 is 0 Å². The van der Waals surface area contributed by atoms with Gasteiger partial charge in [-0.25, -0.2) is 4.79 Å². The summed E-state index contributed by atoms with van der Waals surface area (Å²) in [5.74, 6) is 1.49. The second kappa shape index (κ2) is 5.10. The highest BCUT2D eigenvalue weighted by Crippen LogP contribution is 2.23. The molecule has 0 saturated heterocycles. The average Bonchev–Trinajstić information content (AvgIpc) is 2.35. The topological polar surface area (TPSA) is 38.7 Å². The van der Waals surface area contributed by atoms with E-state index in [1.807, 2.05) is 31.2 Å². The lowest BCUT2D eigenvalue weighted by molar-refractivity contribution is 0.482. The number of rotatable bonds is 3. The van der Waals surface area contributed by atoms with Crippen molar-refractivity contribution in [1.82, 2.24) is 0 Å². The molecule has 3 nitrogen and oxygen atoms in total. The number of aliphatic imine (C=N–C) groups is 1. The number of aryl methyl sites for hydroxylation is 1. The Balaban J connectivity index is 2.13. The van der Waals surface area contributed by atoms with Crippen LogP contribution in [0.2, 0.25) is 0 Å². The van der Waals surface area contributed by atoms with E-state index in [1.54, 1.807) is 24.3 Å². The molecule has 0 atom stereocenters. The highest BCUT2D eigenvalue weighted by atomic mass is 16.5. The summed E-state index contributed by atoms with van der Waals surface area (Å²) in [5, 5.41) is 0. The molecule has 0 spiro atoms. The summed E-state index contributed by atoms with van der Waals surface area (Å²) in [6, 6.07) is 14.7. The van der Waals surface area contributed by atoms with Crippen molar-refractivity contribution in [2.24, 2.45) is 4.99 Å². The van der Waals surface area contributed by atoms with Crippen LogP contribution in [0.5, 0.6) is 11.5 Å². The van der Waals surface area contributed by atoms with E-state index in [-0.39, 0.29) is 0 Å². The second-order valence-electron chi connectivity index (χ2n) is 3.61. The molecular weight excluding hydrogens is 214 g/mol. The number of benzene rings is 2. The minimum atomic E-state index is 0.566. The molecule has 0 aliphatic rings. The van der Waals surface area contributed by atoms with Gasteiger partial charge in [0.25, 0.3) is 0 Å². The van der Waals surface area contributed by atoms with E-state index in [1.165, 1.54) is 11.6 Å². The molecule has 0 amide bonds. The fourth-order valence-electron chi connectivity index (χ4n) is 1.38. The number of ether oxygens (including phenoxy) is 1. The molecule has 0 unspecified atom stereocenters. The van der Waals surface area contributed by atoms with E-state index in [0.29, 0.717) is 11.4 Å². The summed E-state index contributed by atoms with van der Waals surface area (Å²) in [4.78, 5) is 13.6. The van der Waals surface area contributed by atoms with Gasteiger partial charge < -0.3 is 4.74 Å². The lowest BCUT2D eigenvalue weighted by Crippen LogP contribution is -1.83. The molecule has 0 aromatic heterocycles. The van der Waals surface area contributed by atoms with Gasteiger partial charge in [-0.1, -0.05) is 17.7 Å². The number of carbonyl (C=O) groups excluding carboxylic acids is 1. The molecule has 2 rings (SSSR count). The van der Waals surface area contributed by atoms with Crippen LogP contribution in [0.4, 0.5) is 5.69 Å². The Morgan fingerprint density at radius 3 is 2.00 bits per heavy atom. The van der Waals surface area contributed by atoms with Crippen LogP contribution in [0, 0.1) is 6.92 Å². The SMILES string of the molecule is Cc1ccc(Oc2ccc(N=C=O)cc2)cc1. The minimum absolute atomic E-state index is 0.566. The van der Waals surface area contributed by atoms with E-state index in [9.17, 15) is 4.79 Å². The first-order valence-corrected chi connectivity index (χ1v) is 5.20. The van der Waals surface area contributed by atoms with Gasteiger partial charge in [-0.3, -0.25) is 0 Å². The molecule has 2 aromatic rings. The quantitative estimate of drug-likeness (QED) is 0.589. The van der Waals surface area contributed by atoms with Crippen molar-refractivity contribution in [2.45, 2.75) is 6.92 Å². The van der Waals surface area contributed by atoms with E-state index >= 15 is 0 Å². The standard InChI is InChI=1S/C14H11NO2/c1-11-2-6-13(7-3-11)17-14-8-4-12(5-9-14)15-10-16/h2-9H,1H3. The zero-order valence-corrected chi connectivity index (χ0v) is 9.38. The third-order valence-electron chi connectivity index (χ3n) is 2.27. The molecule has 2 aromatic carbocycles. The number of hydrogen-bond donors (Lipinski definition) is 0. The number of isocyanates is 1. The Morgan fingerprint density at radius 2 is 1.47 bits per heavy atom. The Labute approximate surface area is 99.4 Å². The molecule has 0 aliphatic heterocycles. The summed E-state index contributed by atoms with van der Waals surface area (Å²) in [5.41, 5.74) is 1.75. The zero-order valence-electron chi connectivity index (χ0n) is 9.38. The molecule has 17 heavy (non-hydrogen) atoms. The average molecular weight is 225 g/mol. The predicted molar refractivity (Wildman–Crippen MR) is 65.5 cm³/mol. The van der Waals surface area contributed by atoms with Crippen LogP contribution < -0.4 is 4.74 Å². The molecule has 0 radical (unpaired) electrons. The van der Waals surface area contributed by atoms with Crippen LogP contribution >= 0.6 is 0 Å². The maximum Gasteiger partial charge on any atom is 0.240 e. The van der Waals surface area contributed by atoms with Gasteiger partial charge in [0, 0.05) is 0 Å². The Bertz CT molecular complexity index is 537. The molecule has 84 valence electrons. The third kappa shape index (κ3) is 3.03. The van der Waals surface area contributed by atoms with Crippen molar-refractivity contribution in [3.05, 3.63) is 54.1 Å². The highest BCUT2D eigenvalue weighted by Gasteiger charge is 1.97. The van der Waals surface area contributed by atoms with Crippen molar-refractivity contribution >= 4 is 11.8 Å². The summed E-state index contributed by atoms with van der Waals surface area (Å²) in [6.45, 7) is 2.02. The lowest BCUT2D eigenvalue weighted by atomic mass is 10.2. The Morgan fingerprint density at radius 1 is 0.941 bits per heavy atom. The van der Waals surface area contributed by atoms with Gasteiger partial charge in [0.1, 0.15) is 11.5 Å². The van der Waals surface area contributed by atoms with Crippen molar-refractivity contribution in [3.63, 3.8) is 0 Å². The van der Waals surface area contributed by atoms with Gasteiger partial charge in [0.05, 0.1) is 5.69 Å². The molecular formula is C14H11NO2. The molecule has 0 fully saturated rings. The largest absolute Gasteiger partial charge is 0.457 e. The van der Waals surface area contributed by atoms with Crippen molar-refractivity contribution in [3.8, 4) is 11.5 Å². The molecule has 0 heterocycles. The van der Waals surface area contributed by atoms with Gasteiger partial charge in [-0.2, -0.15) is 4.99 Å². The van der Waals surface area contributed by atoms with Crippen LogP contribution in [0.15, 0.2) is 53.5 Å². The van der Waals surface area contributed by atoms with Crippen molar-refractivity contribution in [2.75, 3.05) is 0 Å². The molecule has 0 N–H and O–H groups in total. The maximum atomic E-state index is 10.1. The third-order valence-corrected chi connectivity index (χ3v) is 2.27. The first-order valence-electron chi connectivity index (χ1n) is 5.20. The number of nitrogens with zero attached hydrogens (tertiary/aromatic N) is 1. The smallest absolute Gasteiger partial charge is 0.240 e. The molecule has 0 bridgehead atoms. The van der Waals surface area contributed by atoms with Gasteiger partial charge >= 0.3 is 0 Å². The van der Waals surface area contributed by atoms with Gasteiger partial charge in [0.2, 0.25) is 6.08 Å². The van der Waals surface area contributed by atoms with Crippen LogP contribution in [-0.2, 0) is 4.79 Å². The minimum Gasteiger partial charge on any atom is -0.457 e. The van der Waals surface area contributed by atoms with Crippen molar-refractivity contribution in [1.29, 1.82) is 0 Å². The van der Waals surface area contributed by atoms with Crippen LogP contribution in [0.25, 0.3) is 0 Å². The normalized spacial score (nSPS) is 9.47. The van der Waals surface area contributed by atoms with E-state index in [4.69, 9.17) is 4.74 Å². The second-order valence-corrected chi connectivity index (χ2v) is 3.61. The predicted octanol–water partition coefficient (Wildman–Crippen LogP) is 3.75. The number of hydrogen-bond acceptors (Lipinski definition) is 3. The Hall–Kier alpha value is -2.38. The first kappa shape index (κ1) is 11.1. The summed E-state index contributed by atoms with van der Waals surface area (Å²) < 4.78 is 5.63. The summed E-state index contributed by atoms with van der Waals surface area (Å²) in [7, 11) is 0. The van der Waals surface area contributed by atoms with Gasteiger partial charge in [-0.05, 0) is 43.3 Å². The van der Waals surface area contributed by atoms with Crippen LogP contribution in [-0.4, -0.2) is 6.08 Å². The van der Waals surface area contributed by atoms with Gasteiger partial charge in [-0.15, -0.1) is 0 Å². The molecule has 0 saturated carbocycles. The first-order chi connectivity index (χ1) is 8.28. The lowest BCUT2D eigenvalue weighted by Gasteiger charge is -2.05. The maximum absolute atomic E-state index is 10.1. The monoisotopic (exact) mass is 225 g/mol. The van der Waals surface area contributed by atoms with Gasteiger partial charge in [0.15, 0.2) is 0 Å². The Kier molecular flexibility index (Phi) is 3.34. The van der Waals surface area contributed by atoms with E-state index in [2.05, 4.69) is 4.99 Å². The fraction of sp³-hybridized carbons (Fsp3) is 0.0714. The van der Waals surface area contributed by atoms with Crippen LogP contribution in [0.1, 0.15) is 5.56 Å². The van der Waals surface area contributed by atoms with E-state index in [0.717, 1.165) is 5.75 Å². The summed E-state index contributed by atoms with van der Waals surface area (Å²) in [6.07, 6.45) is 1.49. The zero-order chi connectivity index (χ0) is 12.1. The fourth-order valence-corrected chi connectivity index (χ4v) is 1.38. The molecule has 0 aliphatic carbocycles.